The molecular weight excluding hydrogens is 250 g/mol. The van der Waals surface area contributed by atoms with Crippen molar-refractivity contribution >= 4 is 17.8 Å². The lowest BCUT2D eigenvalue weighted by Gasteiger charge is -2.34. The van der Waals surface area contributed by atoms with Crippen LogP contribution in [0, 0.1) is 5.92 Å². The molecule has 2 bridgehead atoms. The Labute approximate surface area is 112 Å². The van der Waals surface area contributed by atoms with Crippen LogP contribution in [0.4, 0.5) is 4.79 Å². The van der Waals surface area contributed by atoms with Crippen molar-refractivity contribution in [1.82, 2.24) is 4.90 Å². The van der Waals surface area contributed by atoms with Crippen LogP contribution in [0.25, 0.3) is 0 Å². The van der Waals surface area contributed by atoms with E-state index in [1.165, 1.54) is 12.0 Å². The van der Waals surface area contributed by atoms with Gasteiger partial charge in [0.15, 0.2) is 0 Å². The number of methoxy groups -OCH3 is 1. The third-order valence-corrected chi connectivity index (χ3v) is 3.50. The molecule has 3 atom stereocenters. The first-order chi connectivity index (χ1) is 8.74. The van der Waals surface area contributed by atoms with Crippen LogP contribution in [-0.2, 0) is 19.1 Å². The number of carbonyl (C=O) groups excluding carboxylic acids is 3. The molecule has 2 aliphatic rings. The number of nitrogens with zero attached hydrogens (tertiary/aromatic N) is 1. The van der Waals surface area contributed by atoms with E-state index in [1.807, 2.05) is 0 Å². The van der Waals surface area contributed by atoms with Crippen molar-refractivity contribution in [3.8, 4) is 0 Å². The summed E-state index contributed by atoms with van der Waals surface area (Å²) in [4.78, 5) is 37.1. The van der Waals surface area contributed by atoms with Gasteiger partial charge < -0.3 is 9.47 Å². The van der Waals surface area contributed by atoms with Crippen molar-refractivity contribution < 1.29 is 23.9 Å². The number of carbonyl (C=O) groups is 3. The lowest BCUT2D eigenvalue weighted by Crippen LogP contribution is -2.53. The molecule has 6 nitrogen and oxygen atoms in total. The second kappa shape index (κ2) is 4.51. The fourth-order valence-electron chi connectivity index (χ4n) is 2.81. The summed E-state index contributed by atoms with van der Waals surface area (Å²) in [5, 5.41) is 0. The monoisotopic (exact) mass is 269 g/mol. The van der Waals surface area contributed by atoms with Crippen LogP contribution in [-0.4, -0.2) is 47.5 Å². The highest BCUT2D eigenvalue weighted by atomic mass is 16.6. The Balaban J connectivity index is 2.21. The molecule has 0 aromatic carbocycles. The Kier molecular flexibility index (Phi) is 3.28. The second-order valence-electron chi connectivity index (χ2n) is 6.02. The average Bonchev–Trinajstić information content (AvgIpc) is 2.81. The van der Waals surface area contributed by atoms with Crippen LogP contribution >= 0.6 is 0 Å². The van der Waals surface area contributed by atoms with Gasteiger partial charge in [0.1, 0.15) is 17.4 Å². The molecule has 0 radical (unpaired) electrons. The molecule has 1 heterocycles. The van der Waals surface area contributed by atoms with Crippen LogP contribution < -0.4 is 0 Å². The zero-order chi connectivity index (χ0) is 14.4. The minimum Gasteiger partial charge on any atom is -0.467 e. The van der Waals surface area contributed by atoms with Crippen LogP contribution in [0.3, 0.4) is 0 Å². The highest BCUT2D eigenvalue weighted by Gasteiger charge is 2.57. The first-order valence-electron chi connectivity index (χ1n) is 6.36. The molecule has 1 aliphatic carbocycles. The summed E-state index contributed by atoms with van der Waals surface area (Å²) < 4.78 is 10.0. The van der Waals surface area contributed by atoms with E-state index in [1.54, 1.807) is 20.8 Å². The van der Waals surface area contributed by atoms with Crippen molar-refractivity contribution in [1.29, 1.82) is 0 Å². The third kappa shape index (κ3) is 2.43. The zero-order valence-corrected chi connectivity index (χ0v) is 11.6. The van der Waals surface area contributed by atoms with Gasteiger partial charge in [-0.15, -0.1) is 0 Å². The van der Waals surface area contributed by atoms with Gasteiger partial charge in [0.05, 0.1) is 13.0 Å². The molecule has 1 aliphatic heterocycles. The van der Waals surface area contributed by atoms with Crippen LogP contribution in [0.15, 0.2) is 0 Å². The van der Waals surface area contributed by atoms with Gasteiger partial charge in [-0.1, -0.05) is 0 Å². The maximum absolute atomic E-state index is 12.2. The number of hydrogen-bond donors (Lipinski definition) is 0. The molecule has 2 fully saturated rings. The molecule has 0 spiro atoms. The lowest BCUT2D eigenvalue weighted by molar-refractivity contribution is -0.151. The first kappa shape index (κ1) is 13.8. The van der Waals surface area contributed by atoms with E-state index in [4.69, 9.17) is 9.47 Å². The molecule has 0 unspecified atom stereocenters. The van der Waals surface area contributed by atoms with E-state index in [0.29, 0.717) is 12.8 Å². The summed E-state index contributed by atoms with van der Waals surface area (Å²) in [7, 11) is 1.26. The number of fused-ring (bicyclic) bond motifs is 2. The number of piperidine rings is 1. The summed E-state index contributed by atoms with van der Waals surface area (Å²) in [6.45, 7) is 5.28. The van der Waals surface area contributed by atoms with Crippen LogP contribution in [0.2, 0.25) is 0 Å². The predicted octanol–water partition coefficient (Wildman–Crippen LogP) is 1.13. The van der Waals surface area contributed by atoms with Crippen molar-refractivity contribution in [2.24, 2.45) is 5.92 Å². The Bertz CT molecular complexity index is 425. The van der Waals surface area contributed by atoms with Gasteiger partial charge in [-0.05, 0) is 27.2 Å². The number of amides is 1. The number of rotatable bonds is 1. The molecular formula is C13H19NO5. The first-order valence-corrected chi connectivity index (χ1v) is 6.36. The quantitative estimate of drug-likeness (QED) is 0.667. The van der Waals surface area contributed by atoms with Crippen LogP contribution in [0.5, 0.6) is 0 Å². The topological polar surface area (TPSA) is 72.9 Å². The summed E-state index contributed by atoms with van der Waals surface area (Å²) in [5.41, 5.74) is -0.635. The maximum Gasteiger partial charge on any atom is 0.411 e. The number of likely N-dealkylation sites (tertiary alicyclic amines) is 1. The predicted molar refractivity (Wildman–Crippen MR) is 65.4 cm³/mol. The minimum absolute atomic E-state index is 0.0280. The zero-order valence-electron chi connectivity index (χ0n) is 11.6. The summed E-state index contributed by atoms with van der Waals surface area (Å²) in [6, 6.07) is -1.07. The molecule has 0 aromatic heterocycles. The average molecular weight is 269 g/mol. The molecule has 1 amide bonds. The van der Waals surface area contributed by atoms with Gasteiger partial charge in [0.2, 0.25) is 0 Å². The second-order valence-corrected chi connectivity index (χ2v) is 6.02. The molecule has 1 saturated carbocycles. The van der Waals surface area contributed by atoms with E-state index in [-0.39, 0.29) is 11.8 Å². The number of ketones is 1. The van der Waals surface area contributed by atoms with E-state index in [0.717, 1.165) is 0 Å². The number of ether oxygens (including phenoxy) is 2. The van der Waals surface area contributed by atoms with Gasteiger partial charge in [0, 0.05) is 12.5 Å². The van der Waals surface area contributed by atoms with Gasteiger partial charge in [-0.25, -0.2) is 9.59 Å². The van der Waals surface area contributed by atoms with Crippen molar-refractivity contribution in [2.75, 3.05) is 7.11 Å². The van der Waals surface area contributed by atoms with Gasteiger partial charge in [-0.2, -0.15) is 0 Å². The Morgan fingerprint density at radius 1 is 1.32 bits per heavy atom. The van der Waals surface area contributed by atoms with Gasteiger partial charge in [0.25, 0.3) is 0 Å². The highest BCUT2D eigenvalue weighted by molar-refractivity contribution is 5.95. The third-order valence-electron chi connectivity index (χ3n) is 3.50. The van der Waals surface area contributed by atoms with Crippen molar-refractivity contribution in [3.05, 3.63) is 0 Å². The number of hydrogen-bond acceptors (Lipinski definition) is 5. The standard InChI is InChI=1S/C13H19NO5/c1-13(2,3)19-12(17)14-7-5-8(9(15)6-7)10(14)11(16)18-4/h7-8,10H,5-6H2,1-4H3/t7-,8+,10-/m1/s1. The smallest absolute Gasteiger partial charge is 0.411 e. The van der Waals surface area contributed by atoms with E-state index < -0.39 is 29.6 Å². The minimum atomic E-state index is -0.828. The Hall–Kier alpha value is -1.59. The van der Waals surface area contributed by atoms with E-state index in [9.17, 15) is 14.4 Å². The van der Waals surface area contributed by atoms with Crippen LogP contribution in [0.1, 0.15) is 33.6 Å². The normalized spacial score (nSPS) is 29.6. The summed E-state index contributed by atoms with van der Waals surface area (Å²) >= 11 is 0. The Morgan fingerprint density at radius 3 is 2.47 bits per heavy atom. The highest BCUT2D eigenvalue weighted by Crippen LogP contribution is 2.41. The largest absolute Gasteiger partial charge is 0.467 e. The molecule has 1 saturated heterocycles. The summed E-state index contributed by atoms with van der Waals surface area (Å²) in [6.07, 6.45) is 0.276. The Morgan fingerprint density at radius 2 is 1.95 bits per heavy atom. The fraction of sp³-hybridized carbons (Fsp3) is 0.769. The molecule has 6 heteroatoms. The molecule has 2 rings (SSSR count). The molecule has 0 aromatic rings. The number of esters is 1. The van der Waals surface area contributed by atoms with E-state index in [2.05, 4.69) is 0 Å². The SMILES string of the molecule is COC(=O)[C@H]1[C@H]2C[C@H](CC2=O)N1C(=O)OC(C)(C)C. The van der Waals surface area contributed by atoms with Gasteiger partial charge in [-0.3, -0.25) is 9.69 Å². The fourth-order valence-corrected chi connectivity index (χ4v) is 2.81. The number of Topliss-reactive ketones (excluding diaryl/α,β-unsaturated/α-hetero) is 1. The lowest BCUT2D eigenvalue weighted by atomic mass is 9.98. The van der Waals surface area contributed by atoms with Gasteiger partial charge >= 0.3 is 12.1 Å². The molecule has 106 valence electrons. The van der Waals surface area contributed by atoms with Crippen molar-refractivity contribution in [2.45, 2.75) is 51.3 Å². The maximum atomic E-state index is 12.2. The molecule has 19 heavy (non-hydrogen) atoms. The summed E-state index contributed by atoms with van der Waals surface area (Å²) in [5.74, 6) is -0.961. The van der Waals surface area contributed by atoms with E-state index >= 15 is 0 Å². The molecule has 0 N–H and O–H groups in total. The van der Waals surface area contributed by atoms with Crippen molar-refractivity contribution in [3.63, 3.8) is 0 Å².